The van der Waals surface area contributed by atoms with Gasteiger partial charge in [-0.15, -0.1) is 0 Å². The lowest BCUT2D eigenvalue weighted by atomic mass is 10.4. The van der Waals surface area contributed by atoms with Crippen LogP contribution in [0.15, 0.2) is 0 Å². The molecule has 0 bridgehead atoms. The van der Waals surface area contributed by atoms with Crippen molar-refractivity contribution in [1.82, 2.24) is 0 Å². The second-order valence-electron chi connectivity index (χ2n) is 3.60. The largest absolute Gasteiger partial charge is 0.490 e. The highest BCUT2D eigenvalue weighted by Crippen LogP contribution is 2.13. The highest BCUT2D eigenvalue weighted by molar-refractivity contribution is 5.73. The van der Waals surface area contributed by atoms with E-state index in [0.29, 0.717) is 0 Å². The van der Waals surface area contributed by atoms with Gasteiger partial charge in [-0.05, 0) is 58.5 Å². The van der Waals surface area contributed by atoms with Crippen LogP contribution in [-0.4, -0.2) is 56.5 Å². The van der Waals surface area contributed by atoms with E-state index < -0.39 is 12.1 Å². The first kappa shape index (κ1) is 29.1. The molecule has 0 spiro atoms. The topological polar surface area (TPSA) is 193 Å². The number of nitrogens with two attached hydrogens (primary N) is 6. The Morgan fingerprint density at radius 2 is 0.818 bits per heavy atom. The van der Waals surface area contributed by atoms with E-state index in [-0.39, 0.29) is 0 Å². The van der Waals surface area contributed by atoms with Crippen LogP contribution in [0.2, 0.25) is 0 Å². The molecule has 0 aliphatic rings. The van der Waals surface area contributed by atoms with E-state index >= 15 is 0 Å². The molecule has 0 aliphatic carbocycles. The molecule has 0 saturated heterocycles. The zero-order valence-corrected chi connectivity index (χ0v) is 12.8. The second-order valence-corrected chi connectivity index (χ2v) is 3.60. The lowest BCUT2D eigenvalue weighted by molar-refractivity contribution is -0.192. The fourth-order valence-electron chi connectivity index (χ4n) is 0.354. The Hall–Kier alpha value is -0.980. The molecule has 13 N–H and O–H groups in total. The minimum Gasteiger partial charge on any atom is -0.475 e. The average molecular weight is 336 g/mol. The molecule has 0 atom stereocenters. The molecule has 0 aliphatic heterocycles. The van der Waals surface area contributed by atoms with Gasteiger partial charge in [-0.25, -0.2) is 4.79 Å². The summed E-state index contributed by atoms with van der Waals surface area (Å²) in [6.45, 7) is 4.31. The average Bonchev–Trinajstić information content (AvgIpc) is 2.42. The smallest absolute Gasteiger partial charge is 0.475 e. The molecule has 0 aromatic rings. The van der Waals surface area contributed by atoms with Gasteiger partial charge in [-0.1, -0.05) is 0 Å². The van der Waals surface area contributed by atoms with Crippen molar-refractivity contribution >= 4 is 5.97 Å². The van der Waals surface area contributed by atoms with Crippen LogP contribution in [0.3, 0.4) is 0 Å². The van der Waals surface area contributed by atoms with Crippen molar-refractivity contribution in [2.45, 2.75) is 25.4 Å². The van der Waals surface area contributed by atoms with Gasteiger partial charge in [0.2, 0.25) is 0 Å². The zero-order chi connectivity index (χ0) is 18.4. The molecule has 138 valence electrons. The zero-order valence-electron chi connectivity index (χ0n) is 12.8. The maximum Gasteiger partial charge on any atom is 0.490 e. The van der Waals surface area contributed by atoms with E-state index in [2.05, 4.69) is 0 Å². The first-order valence-corrected chi connectivity index (χ1v) is 6.69. The van der Waals surface area contributed by atoms with Crippen molar-refractivity contribution in [3.8, 4) is 0 Å². The lowest BCUT2D eigenvalue weighted by Crippen LogP contribution is -2.21. The van der Waals surface area contributed by atoms with E-state index in [1.54, 1.807) is 0 Å². The summed E-state index contributed by atoms with van der Waals surface area (Å²) in [7, 11) is 0. The third kappa shape index (κ3) is 50.9. The summed E-state index contributed by atoms with van der Waals surface area (Å²) in [6.07, 6.45) is -2.25. The van der Waals surface area contributed by atoms with Gasteiger partial charge in [0.25, 0.3) is 0 Å². The molecule has 0 aromatic carbocycles. The van der Waals surface area contributed by atoms with Gasteiger partial charge < -0.3 is 39.5 Å². The molecule has 0 fully saturated rings. The Labute approximate surface area is 129 Å². The quantitative estimate of drug-likeness (QED) is 0.305. The number of rotatable bonds is 6. The predicted molar refractivity (Wildman–Crippen MR) is 81.9 cm³/mol. The molecule has 22 heavy (non-hydrogen) atoms. The molecule has 0 amide bonds. The maximum absolute atomic E-state index is 10.6. The number of hydrogen-bond donors (Lipinski definition) is 7. The summed E-state index contributed by atoms with van der Waals surface area (Å²) in [4.78, 5) is 8.90. The fraction of sp³-hybridized carbons (Fsp3) is 0.909. The summed E-state index contributed by atoms with van der Waals surface area (Å²) in [5, 5.41) is 7.12. The van der Waals surface area contributed by atoms with E-state index in [1.165, 1.54) is 0 Å². The molecule has 0 rings (SSSR count). The van der Waals surface area contributed by atoms with E-state index in [9.17, 15) is 13.2 Å². The summed E-state index contributed by atoms with van der Waals surface area (Å²) in [5.74, 6) is -2.76. The number of aliphatic carboxylic acids is 1. The number of alkyl halides is 3. The fourth-order valence-corrected chi connectivity index (χ4v) is 0.354. The van der Waals surface area contributed by atoms with Crippen LogP contribution < -0.4 is 34.4 Å². The first-order chi connectivity index (χ1) is 10.2. The van der Waals surface area contributed by atoms with Gasteiger partial charge in [0.05, 0.1) is 0 Å². The number of carboxylic acids is 1. The Kier molecular flexibility index (Phi) is 33.1. The summed E-state index contributed by atoms with van der Waals surface area (Å²) >= 11 is 0. The van der Waals surface area contributed by atoms with Crippen molar-refractivity contribution in [2.75, 3.05) is 39.3 Å². The first-order valence-electron chi connectivity index (χ1n) is 6.69. The predicted octanol–water partition coefficient (Wildman–Crippen LogP) is -1.48. The van der Waals surface area contributed by atoms with Crippen LogP contribution in [0.1, 0.15) is 19.3 Å². The van der Waals surface area contributed by atoms with Gasteiger partial charge >= 0.3 is 12.1 Å². The molecule has 0 radical (unpaired) electrons. The van der Waals surface area contributed by atoms with Crippen LogP contribution in [0.25, 0.3) is 0 Å². The molecular weight excluding hydrogens is 305 g/mol. The van der Waals surface area contributed by atoms with Gasteiger partial charge in [-0.3, -0.25) is 0 Å². The third-order valence-corrected chi connectivity index (χ3v) is 1.47. The molecule has 8 nitrogen and oxygen atoms in total. The molecule has 0 aromatic heterocycles. The van der Waals surface area contributed by atoms with Gasteiger partial charge in [0, 0.05) is 0 Å². The van der Waals surface area contributed by atoms with Gasteiger partial charge in [-0.2, -0.15) is 13.2 Å². The van der Waals surface area contributed by atoms with Crippen molar-refractivity contribution in [2.24, 2.45) is 34.4 Å². The van der Waals surface area contributed by atoms with Crippen LogP contribution >= 0.6 is 0 Å². The van der Waals surface area contributed by atoms with Crippen LogP contribution in [0.5, 0.6) is 0 Å². The molecule has 0 unspecified atom stereocenters. The number of carboxylic acid groups (broad SMARTS) is 1. The van der Waals surface area contributed by atoms with Crippen molar-refractivity contribution in [3.63, 3.8) is 0 Å². The van der Waals surface area contributed by atoms with Crippen LogP contribution in [-0.2, 0) is 4.79 Å². The summed E-state index contributed by atoms with van der Waals surface area (Å²) in [6, 6.07) is 0. The molecule has 0 heterocycles. The highest BCUT2D eigenvalue weighted by atomic mass is 19.4. The number of carbonyl (C=O) groups is 1. The SMILES string of the molecule is NCCCN.NCCCN.NCCCN.O=C(O)C(F)(F)F. The number of hydrogen-bond acceptors (Lipinski definition) is 7. The van der Waals surface area contributed by atoms with Gasteiger partial charge in [0.15, 0.2) is 0 Å². The summed E-state index contributed by atoms with van der Waals surface area (Å²) in [5.41, 5.74) is 30.4. The van der Waals surface area contributed by atoms with Crippen molar-refractivity contribution < 1.29 is 23.1 Å². The highest BCUT2D eigenvalue weighted by Gasteiger charge is 2.38. The molecular formula is C11H31F3N6O2. The standard InChI is InChI=1S/3C3H10N2.C2HF3O2/c3*4-2-1-3-5;3-2(4,5)1(6)7/h3*1-5H2;(H,6,7). The molecule has 11 heteroatoms. The lowest BCUT2D eigenvalue weighted by Gasteiger charge is -1.93. The minimum absolute atomic E-state index is 0.719. The third-order valence-electron chi connectivity index (χ3n) is 1.47. The Morgan fingerprint density at radius 3 is 0.818 bits per heavy atom. The Balaban J connectivity index is -0.0000000995. The van der Waals surface area contributed by atoms with E-state index in [1.807, 2.05) is 0 Å². The Morgan fingerprint density at radius 1 is 0.682 bits per heavy atom. The molecule has 0 saturated carbocycles. The second kappa shape index (κ2) is 25.0. The van der Waals surface area contributed by atoms with Gasteiger partial charge in [0.1, 0.15) is 0 Å². The van der Waals surface area contributed by atoms with E-state index in [4.69, 9.17) is 44.3 Å². The monoisotopic (exact) mass is 336 g/mol. The van der Waals surface area contributed by atoms with Crippen LogP contribution in [0.4, 0.5) is 13.2 Å². The van der Waals surface area contributed by atoms with Crippen molar-refractivity contribution in [3.05, 3.63) is 0 Å². The number of halogens is 3. The maximum atomic E-state index is 10.6. The summed E-state index contributed by atoms with van der Waals surface area (Å²) < 4.78 is 31.7. The van der Waals surface area contributed by atoms with Crippen molar-refractivity contribution in [1.29, 1.82) is 0 Å². The normalized spacial score (nSPS) is 9.32. The Bertz CT molecular complexity index is 188. The van der Waals surface area contributed by atoms with Crippen LogP contribution in [0, 0.1) is 0 Å². The minimum atomic E-state index is -5.08. The van der Waals surface area contributed by atoms with E-state index in [0.717, 1.165) is 58.5 Å².